The Morgan fingerprint density at radius 3 is 2.50 bits per heavy atom. The maximum absolute atomic E-state index is 5.39. The Balaban J connectivity index is 1.93. The van der Waals surface area contributed by atoms with Gasteiger partial charge >= 0.3 is 7.12 Å². The lowest BCUT2D eigenvalue weighted by Gasteiger charge is -2.16. The van der Waals surface area contributed by atoms with Crippen molar-refractivity contribution in [3.05, 3.63) is 41.9 Å². The van der Waals surface area contributed by atoms with Crippen molar-refractivity contribution in [2.75, 3.05) is 13.2 Å². The molecule has 0 amide bonds. The van der Waals surface area contributed by atoms with Gasteiger partial charge in [-0.15, -0.1) is 0 Å². The summed E-state index contributed by atoms with van der Waals surface area (Å²) in [7, 11) is -0.163. The van der Waals surface area contributed by atoms with Crippen LogP contribution >= 0.6 is 0 Å². The summed E-state index contributed by atoms with van der Waals surface area (Å²) in [6.45, 7) is 1.59. The Morgan fingerprint density at radius 2 is 1.79 bits per heavy atom. The van der Waals surface area contributed by atoms with Crippen molar-refractivity contribution < 1.29 is 9.31 Å². The maximum Gasteiger partial charge on any atom is 0.486 e. The molecule has 0 spiro atoms. The highest BCUT2D eigenvalue weighted by molar-refractivity contribution is 6.51. The fraction of sp³-hybridized carbons (Fsp3) is 0.273. The van der Waals surface area contributed by atoms with Gasteiger partial charge in [0.15, 0.2) is 0 Å². The highest BCUT2D eigenvalue weighted by atomic mass is 16.6. The fourth-order valence-corrected chi connectivity index (χ4v) is 1.37. The Labute approximate surface area is 84.7 Å². The van der Waals surface area contributed by atoms with Gasteiger partial charge in [-0.3, -0.25) is 0 Å². The average Bonchev–Trinajstić information content (AvgIpc) is 2.29. The van der Waals surface area contributed by atoms with Crippen molar-refractivity contribution in [3.8, 4) is 0 Å². The molecule has 1 aliphatic rings. The predicted molar refractivity (Wildman–Crippen MR) is 57.8 cm³/mol. The minimum Gasteiger partial charge on any atom is -0.408 e. The molecule has 14 heavy (non-hydrogen) atoms. The van der Waals surface area contributed by atoms with E-state index in [1.807, 2.05) is 30.3 Å². The first kappa shape index (κ1) is 9.50. The molecule has 0 N–H and O–H groups in total. The first-order valence-electron chi connectivity index (χ1n) is 4.91. The van der Waals surface area contributed by atoms with E-state index in [-0.39, 0.29) is 7.12 Å². The van der Waals surface area contributed by atoms with E-state index < -0.39 is 0 Å². The second-order valence-corrected chi connectivity index (χ2v) is 3.23. The van der Waals surface area contributed by atoms with E-state index in [0.717, 1.165) is 19.6 Å². The van der Waals surface area contributed by atoms with Crippen molar-refractivity contribution in [3.63, 3.8) is 0 Å². The minimum atomic E-state index is -0.163. The van der Waals surface area contributed by atoms with Gasteiger partial charge in [0.05, 0.1) is 0 Å². The average molecular weight is 188 g/mol. The third-order valence-electron chi connectivity index (χ3n) is 2.10. The molecule has 0 unspecified atom stereocenters. The summed E-state index contributed by atoms with van der Waals surface area (Å²) >= 11 is 0. The lowest BCUT2D eigenvalue weighted by molar-refractivity contribution is 0.142. The van der Waals surface area contributed by atoms with Crippen LogP contribution in [-0.4, -0.2) is 20.3 Å². The number of hydrogen-bond donors (Lipinski definition) is 0. The van der Waals surface area contributed by atoms with Crippen LogP contribution in [0.5, 0.6) is 0 Å². The van der Waals surface area contributed by atoms with Crippen LogP contribution in [-0.2, 0) is 9.31 Å². The molecule has 0 atom stereocenters. The molecule has 72 valence electrons. The molecule has 3 heteroatoms. The SMILES string of the molecule is C(=Cc1ccccc1)B1OCCCO1. The zero-order valence-corrected chi connectivity index (χ0v) is 8.06. The van der Waals surface area contributed by atoms with Gasteiger partial charge in [-0.05, 0) is 12.0 Å². The second kappa shape index (κ2) is 4.98. The van der Waals surface area contributed by atoms with Crippen LogP contribution in [0.3, 0.4) is 0 Å². The van der Waals surface area contributed by atoms with Gasteiger partial charge in [-0.2, -0.15) is 0 Å². The molecule has 0 aromatic heterocycles. The van der Waals surface area contributed by atoms with Crippen molar-refractivity contribution in [2.45, 2.75) is 6.42 Å². The fourth-order valence-electron chi connectivity index (χ4n) is 1.37. The Hall–Kier alpha value is -1.06. The smallest absolute Gasteiger partial charge is 0.408 e. The van der Waals surface area contributed by atoms with Gasteiger partial charge in [0.25, 0.3) is 0 Å². The molecule has 1 aromatic rings. The van der Waals surface area contributed by atoms with Crippen LogP contribution in [0.2, 0.25) is 0 Å². The summed E-state index contributed by atoms with van der Waals surface area (Å²) in [4.78, 5) is 0. The van der Waals surface area contributed by atoms with Gasteiger partial charge in [-0.1, -0.05) is 42.4 Å². The molecular formula is C11H13BO2. The van der Waals surface area contributed by atoms with Gasteiger partial charge in [0, 0.05) is 13.2 Å². The van der Waals surface area contributed by atoms with Crippen LogP contribution in [0.4, 0.5) is 0 Å². The summed E-state index contributed by atoms with van der Waals surface area (Å²) < 4.78 is 10.8. The summed E-state index contributed by atoms with van der Waals surface area (Å²) in [5.41, 5.74) is 1.17. The van der Waals surface area contributed by atoms with Gasteiger partial charge < -0.3 is 9.31 Å². The van der Waals surface area contributed by atoms with Crippen molar-refractivity contribution >= 4 is 13.2 Å². The van der Waals surface area contributed by atoms with Crippen molar-refractivity contribution in [1.29, 1.82) is 0 Å². The van der Waals surface area contributed by atoms with E-state index in [1.54, 1.807) is 0 Å². The Morgan fingerprint density at radius 1 is 1.07 bits per heavy atom. The molecule has 2 rings (SSSR count). The van der Waals surface area contributed by atoms with E-state index in [1.165, 1.54) is 5.56 Å². The standard InChI is InChI=1S/C11H13BO2/c1-2-5-11(6-3-1)7-8-12-13-9-4-10-14-12/h1-3,5-8H,4,9-10H2. The quantitative estimate of drug-likeness (QED) is 0.662. The molecule has 0 radical (unpaired) electrons. The maximum atomic E-state index is 5.39. The summed E-state index contributed by atoms with van der Waals surface area (Å²) in [6.07, 6.45) is 3.02. The first-order valence-corrected chi connectivity index (χ1v) is 4.91. The second-order valence-electron chi connectivity index (χ2n) is 3.23. The molecule has 0 aliphatic carbocycles. The predicted octanol–water partition coefficient (Wildman–Crippen LogP) is 2.16. The number of rotatable bonds is 2. The van der Waals surface area contributed by atoms with Gasteiger partial charge in [-0.25, -0.2) is 0 Å². The van der Waals surface area contributed by atoms with E-state index >= 15 is 0 Å². The van der Waals surface area contributed by atoms with Gasteiger partial charge in [0.2, 0.25) is 0 Å². The van der Waals surface area contributed by atoms with Crippen LogP contribution in [0.1, 0.15) is 12.0 Å². The zero-order chi connectivity index (χ0) is 9.64. The van der Waals surface area contributed by atoms with E-state index in [9.17, 15) is 0 Å². The number of hydrogen-bond acceptors (Lipinski definition) is 2. The molecule has 1 heterocycles. The molecule has 1 saturated heterocycles. The first-order chi connectivity index (χ1) is 6.95. The monoisotopic (exact) mass is 188 g/mol. The molecule has 1 aromatic carbocycles. The van der Waals surface area contributed by atoms with Crippen LogP contribution < -0.4 is 0 Å². The molecule has 1 fully saturated rings. The highest BCUT2D eigenvalue weighted by Gasteiger charge is 2.17. The third kappa shape index (κ3) is 2.72. The topological polar surface area (TPSA) is 18.5 Å². The molecule has 0 saturated carbocycles. The number of benzene rings is 1. The van der Waals surface area contributed by atoms with E-state index in [4.69, 9.17) is 9.31 Å². The van der Waals surface area contributed by atoms with Crippen LogP contribution in [0, 0.1) is 0 Å². The van der Waals surface area contributed by atoms with Crippen molar-refractivity contribution in [2.24, 2.45) is 0 Å². The zero-order valence-electron chi connectivity index (χ0n) is 8.06. The van der Waals surface area contributed by atoms with E-state index in [2.05, 4.69) is 12.1 Å². The van der Waals surface area contributed by atoms with Crippen LogP contribution in [0.15, 0.2) is 36.3 Å². The summed E-state index contributed by atoms with van der Waals surface area (Å²) in [6, 6.07) is 10.1. The lowest BCUT2D eigenvalue weighted by atomic mass is 9.87. The Bertz CT molecular complexity index is 291. The molecule has 2 nitrogen and oxygen atoms in total. The summed E-state index contributed by atoms with van der Waals surface area (Å²) in [5, 5.41) is 0. The normalized spacial score (nSPS) is 17.6. The highest BCUT2D eigenvalue weighted by Crippen LogP contribution is 2.06. The van der Waals surface area contributed by atoms with Crippen LogP contribution in [0.25, 0.3) is 6.08 Å². The minimum absolute atomic E-state index is 0.163. The van der Waals surface area contributed by atoms with Crippen molar-refractivity contribution in [1.82, 2.24) is 0 Å². The molecule has 1 aliphatic heterocycles. The Kier molecular flexibility index (Phi) is 3.38. The lowest BCUT2D eigenvalue weighted by Crippen LogP contribution is -2.27. The van der Waals surface area contributed by atoms with Gasteiger partial charge in [0.1, 0.15) is 0 Å². The largest absolute Gasteiger partial charge is 0.486 e. The van der Waals surface area contributed by atoms with E-state index in [0.29, 0.717) is 0 Å². The molecular weight excluding hydrogens is 175 g/mol. The third-order valence-corrected chi connectivity index (χ3v) is 2.10. The molecule has 0 bridgehead atoms. The summed E-state index contributed by atoms with van der Waals surface area (Å²) in [5.74, 6) is 1.95.